The molecule has 4 aliphatic rings. The molecule has 1 amide bonds. The van der Waals surface area contributed by atoms with Crippen LogP contribution in [0, 0.1) is 5.92 Å². The van der Waals surface area contributed by atoms with Crippen molar-refractivity contribution in [2.24, 2.45) is 5.92 Å². The van der Waals surface area contributed by atoms with Gasteiger partial charge in [-0.25, -0.2) is 4.79 Å². The van der Waals surface area contributed by atoms with Gasteiger partial charge >= 0.3 is 12.1 Å². The minimum atomic E-state index is -4.50. The van der Waals surface area contributed by atoms with Gasteiger partial charge in [-0.1, -0.05) is 23.7 Å². The van der Waals surface area contributed by atoms with Crippen molar-refractivity contribution in [3.05, 3.63) is 69.2 Å². The van der Waals surface area contributed by atoms with Crippen molar-refractivity contribution in [1.82, 2.24) is 9.80 Å². The van der Waals surface area contributed by atoms with Gasteiger partial charge in [-0.05, 0) is 111 Å². The van der Waals surface area contributed by atoms with Crippen LogP contribution < -0.4 is 0 Å². The van der Waals surface area contributed by atoms with Crippen LogP contribution in [0.3, 0.4) is 0 Å². The average Bonchev–Trinajstić information content (AvgIpc) is 3.82. The molecule has 6 nitrogen and oxygen atoms in total. The van der Waals surface area contributed by atoms with Gasteiger partial charge in [0.25, 0.3) is 5.91 Å². The maximum Gasteiger partial charge on any atom is 0.416 e. The summed E-state index contributed by atoms with van der Waals surface area (Å²) in [6, 6.07) is 9.51. The number of piperidine rings is 1. The lowest BCUT2D eigenvalue weighted by atomic mass is 9.83. The van der Waals surface area contributed by atoms with Gasteiger partial charge in [0.05, 0.1) is 17.7 Å². The Balaban J connectivity index is 1.10. The summed E-state index contributed by atoms with van der Waals surface area (Å²) in [7, 11) is 0. The first kappa shape index (κ1) is 28.5. The Bertz CT molecular complexity index is 1330. The second kappa shape index (κ2) is 10.9. The first-order valence-electron chi connectivity index (χ1n) is 14.4. The van der Waals surface area contributed by atoms with Gasteiger partial charge in [-0.3, -0.25) is 9.69 Å². The van der Waals surface area contributed by atoms with Crippen molar-refractivity contribution in [3.8, 4) is 0 Å². The smallest absolute Gasteiger partial charge is 0.416 e. The number of hydrogen-bond acceptors (Lipinski definition) is 4. The van der Waals surface area contributed by atoms with Crippen molar-refractivity contribution in [3.63, 3.8) is 0 Å². The molecular weight excluding hydrogens is 557 g/mol. The number of nitrogens with zero attached hydrogens (tertiary/aromatic N) is 2. The third-order valence-electron chi connectivity index (χ3n) is 9.53. The Hall–Kier alpha value is -2.62. The number of benzene rings is 2. The zero-order valence-electron chi connectivity index (χ0n) is 22.8. The van der Waals surface area contributed by atoms with Crippen LogP contribution in [0.4, 0.5) is 13.2 Å². The molecule has 0 aromatic heterocycles. The van der Waals surface area contributed by atoms with Crippen LogP contribution in [-0.2, 0) is 28.7 Å². The second-order valence-electron chi connectivity index (χ2n) is 12.0. The second-order valence-corrected chi connectivity index (χ2v) is 12.4. The lowest BCUT2D eigenvalue weighted by Crippen LogP contribution is -2.58. The number of carbonyl (C=O) groups is 2. The van der Waals surface area contributed by atoms with Crippen molar-refractivity contribution in [2.45, 2.75) is 75.2 Å². The number of fused-ring (bicyclic) bond motifs is 1. The third-order valence-corrected chi connectivity index (χ3v) is 9.86. The van der Waals surface area contributed by atoms with Gasteiger partial charge < -0.3 is 14.7 Å². The van der Waals surface area contributed by atoms with Crippen LogP contribution in [0.5, 0.6) is 0 Å². The van der Waals surface area contributed by atoms with Crippen molar-refractivity contribution < 1.29 is 32.6 Å². The number of alkyl halides is 3. The third kappa shape index (κ3) is 5.60. The van der Waals surface area contributed by atoms with E-state index in [4.69, 9.17) is 16.3 Å². The van der Waals surface area contributed by atoms with Gasteiger partial charge in [0.2, 0.25) is 0 Å². The molecule has 3 heterocycles. The molecule has 3 fully saturated rings. The molecule has 2 aromatic carbocycles. The summed E-state index contributed by atoms with van der Waals surface area (Å²) in [4.78, 5) is 29.5. The van der Waals surface area contributed by atoms with E-state index in [1.807, 2.05) is 6.07 Å². The molecule has 41 heavy (non-hydrogen) atoms. The number of rotatable bonds is 5. The molecular formula is C31H34ClF3N2O4. The minimum absolute atomic E-state index is 0.102. The highest BCUT2D eigenvalue weighted by molar-refractivity contribution is 6.31. The van der Waals surface area contributed by atoms with E-state index in [0.717, 1.165) is 62.9 Å². The highest BCUT2D eigenvalue weighted by atomic mass is 35.5. The number of carboxylic acid groups (broad SMARTS) is 1. The molecule has 0 radical (unpaired) electrons. The van der Waals surface area contributed by atoms with Gasteiger partial charge in [0, 0.05) is 24.2 Å². The molecule has 2 atom stereocenters. The van der Waals surface area contributed by atoms with Crippen LogP contribution in [0.2, 0.25) is 5.02 Å². The Morgan fingerprint density at radius 3 is 2.41 bits per heavy atom. The molecule has 1 saturated carbocycles. The van der Waals surface area contributed by atoms with E-state index in [9.17, 15) is 27.9 Å². The molecule has 3 aliphatic heterocycles. The summed E-state index contributed by atoms with van der Waals surface area (Å²) in [5, 5.41) is 9.43. The summed E-state index contributed by atoms with van der Waals surface area (Å²) in [6.45, 7) is 2.73. The molecule has 0 unspecified atom stereocenters. The van der Waals surface area contributed by atoms with Crippen LogP contribution in [0.25, 0.3) is 0 Å². The standard InChI is InChI=1S/C31H34ClF3N2O4/c32-27-16-24(31(33,34)35)15-22-17-37(13-9-26(22)27)29(40)30(23-4-5-23)10-6-25(18-41-30)36-11-7-19(8-12-36)20-2-1-3-21(14-20)28(38)39/h1-3,14-16,19,23,25H,4-13,17-18H2,(H,38,39)/t25-,30+/m1/s1. The van der Waals surface area contributed by atoms with Crippen LogP contribution in [0.1, 0.15) is 77.1 Å². The van der Waals surface area contributed by atoms with Crippen molar-refractivity contribution >= 4 is 23.5 Å². The minimum Gasteiger partial charge on any atom is -0.478 e. The molecule has 0 spiro atoms. The summed E-state index contributed by atoms with van der Waals surface area (Å²) >= 11 is 6.21. The van der Waals surface area contributed by atoms with Crippen LogP contribution >= 0.6 is 11.6 Å². The first-order chi connectivity index (χ1) is 19.5. The Morgan fingerprint density at radius 2 is 1.78 bits per heavy atom. The maximum absolute atomic E-state index is 14.0. The van der Waals surface area contributed by atoms with Gasteiger partial charge in [0.1, 0.15) is 5.60 Å². The lowest BCUT2D eigenvalue weighted by molar-refractivity contribution is -0.177. The zero-order valence-corrected chi connectivity index (χ0v) is 23.5. The summed E-state index contributed by atoms with van der Waals surface area (Å²) in [5.74, 6) is -0.555. The number of hydrogen-bond donors (Lipinski definition) is 1. The predicted octanol–water partition coefficient (Wildman–Crippen LogP) is 6.15. The number of halogens is 4. The van der Waals surface area contributed by atoms with Crippen LogP contribution in [0.15, 0.2) is 36.4 Å². The fraction of sp³-hybridized carbons (Fsp3) is 0.548. The van der Waals surface area contributed by atoms with Gasteiger partial charge in [-0.2, -0.15) is 13.2 Å². The topological polar surface area (TPSA) is 70.1 Å². The predicted molar refractivity (Wildman–Crippen MR) is 147 cm³/mol. The molecule has 1 N–H and O–H groups in total. The van der Waals surface area contributed by atoms with E-state index in [1.165, 1.54) is 0 Å². The normalized spacial score (nSPS) is 26.0. The maximum atomic E-state index is 14.0. The average molecular weight is 591 g/mol. The number of likely N-dealkylation sites (tertiary alicyclic amines) is 1. The Morgan fingerprint density at radius 1 is 1.02 bits per heavy atom. The van der Waals surface area contributed by atoms with Gasteiger partial charge in [-0.15, -0.1) is 0 Å². The van der Waals surface area contributed by atoms with Crippen molar-refractivity contribution in [2.75, 3.05) is 26.2 Å². The van der Waals surface area contributed by atoms with E-state index < -0.39 is 23.3 Å². The molecule has 2 aromatic rings. The molecule has 6 rings (SSSR count). The summed E-state index contributed by atoms with van der Waals surface area (Å²) in [6.07, 6.45) is 1.07. The van der Waals surface area contributed by atoms with E-state index in [1.54, 1.807) is 23.1 Å². The number of amides is 1. The number of carboxylic acids is 1. The lowest BCUT2D eigenvalue weighted by Gasteiger charge is -2.46. The molecule has 2 saturated heterocycles. The molecule has 10 heteroatoms. The zero-order chi connectivity index (χ0) is 28.9. The molecule has 0 bridgehead atoms. The first-order valence-corrected chi connectivity index (χ1v) is 14.8. The summed E-state index contributed by atoms with van der Waals surface area (Å²) in [5.41, 5.74) is 0.826. The van der Waals surface area contributed by atoms with E-state index in [0.29, 0.717) is 48.6 Å². The number of ether oxygens (including phenoxy) is 1. The highest BCUT2D eigenvalue weighted by Crippen LogP contribution is 2.49. The number of carbonyl (C=O) groups excluding carboxylic acids is 1. The number of aromatic carboxylic acids is 1. The van der Waals surface area contributed by atoms with E-state index >= 15 is 0 Å². The van der Waals surface area contributed by atoms with E-state index in [2.05, 4.69) is 4.90 Å². The van der Waals surface area contributed by atoms with Crippen molar-refractivity contribution in [1.29, 1.82) is 0 Å². The Labute approximate surface area is 242 Å². The SMILES string of the molecule is O=C(O)c1cccc(C2CCN([C@@H]3CC[C@@](C(=O)N4CCc5c(Cl)cc(C(F)(F)F)cc5C4)(C4CC4)OC3)CC2)c1. The molecule has 220 valence electrons. The fourth-order valence-corrected chi connectivity index (χ4v) is 7.39. The van der Waals surface area contributed by atoms with Gasteiger partial charge in [0.15, 0.2) is 0 Å². The van der Waals surface area contributed by atoms with E-state index in [-0.39, 0.29) is 29.4 Å². The Kier molecular flexibility index (Phi) is 7.57. The monoisotopic (exact) mass is 590 g/mol. The fourth-order valence-electron chi connectivity index (χ4n) is 7.06. The molecule has 1 aliphatic carbocycles. The van der Waals surface area contributed by atoms with Crippen LogP contribution in [-0.4, -0.2) is 64.7 Å². The highest BCUT2D eigenvalue weighted by Gasteiger charge is 2.56. The summed E-state index contributed by atoms with van der Waals surface area (Å²) < 4.78 is 46.8. The quantitative estimate of drug-likeness (QED) is 0.452. The largest absolute Gasteiger partial charge is 0.478 e.